The van der Waals surface area contributed by atoms with Crippen LogP contribution in [0.4, 0.5) is 11.4 Å². The van der Waals surface area contributed by atoms with E-state index >= 15 is 0 Å². The molecule has 110 valence electrons. The Hall–Kier alpha value is -1.81. The molecule has 0 atom stereocenters. The highest BCUT2D eigenvalue weighted by Gasteiger charge is 2.11. The van der Waals surface area contributed by atoms with Crippen molar-refractivity contribution in [2.24, 2.45) is 0 Å². The number of carbonyl (C=O) groups is 1. The summed E-state index contributed by atoms with van der Waals surface area (Å²) in [6.45, 7) is 4.02. The minimum atomic E-state index is -0.0767. The van der Waals surface area contributed by atoms with Crippen molar-refractivity contribution < 1.29 is 4.79 Å². The molecule has 2 rings (SSSR count). The number of halogens is 1. The second kappa shape index (κ2) is 6.76. The van der Waals surface area contributed by atoms with Gasteiger partial charge >= 0.3 is 0 Å². The van der Waals surface area contributed by atoms with Crippen LogP contribution in [-0.4, -0.2) is 13.0 Å². The Morgan fingerprint density at radius 3 is 2.57 bits per heavy atom. The van der Waals surface area contributed by atoms with E-state index in [1.807, 2.05) is 50.4 Å². The zero-order valence-electron chi connectivity index (χ0n) is 12.5. The van der Waals surface area contributed by atoms with Gasteiger partial charge in [-0.2, -0.15) is 0 Å². The van der Waals surface area contributed by atoms with Gasteiger partial charge in [0.15, 0.2) is 0 Å². The average molecular weight is 347 g/mol. The number of anilines is 2. The lowest BCUT2D eigenvalue weighted by atomic mass is 10.1. The van der Waals surface area contributed by atoms with Crippen LogP contribution in [-0.2, 0) is 6.42 Å². The van der Waals surface area contributed by atoms with Crippen LogP contribution in [0.5, 0.6) is 0 Å². The third-order valence-corrected chi connectivity index (χ3v) is 3.95. The topological polar surface area (TPSA) is 41.1 Å². The average Bonchev–Trinajstić information content (AvgIpc) is 2.48. The van der Waals surface area contributed by atoms with E-state index in [1.165, 1.54) is 0 Å². The summed E-state index contributed by atoms with van der Waals surface area (Å²) in [5.74, 6) is -0.0767. The van der Waals surface area contributed by atoms with E-state index in [1.54, 1.807) is 0 Å². The van der Waals surface area contributed by atoms with E-state index in [4.69, 9.17) is 0 Å². The maximum Gasteiger partial charge on any atom is 0.255 e. The Kier molecular flexibility index (Phi) is 5.02. The third kappa shape index (κ3) is 3.64. The summed E-state index contributed by atoms with van der Waals surface area (Å²) < 4.78 is 1.02. The van der Waals surface area contributed by atoms with Crippen molar-refractivity contribution >= 4 is 33.2 Å². The van der Waals surface area contributed by atoms with Gasteiger partial charge in [-0.15, -0.1) is 0 Å². The summed E-state index contributed by atoms with van der Waals surface area (Å²) >= 11 is 3.46. The third-order valence-electron chi connectivity index (χ3n) is 3.46. The summed E-state index contributed by atoms with van der Waals surface area (Å²) in [5, 5.41) is 6.07. The number of benzene rings is 2. The number of nitrogens with one attached hydrogen (secondary N) is 2. The van der Waals surface area contributed by atoms with Gasteiger partial charge in [-0.3, -0.25) is 4.79 Å². The maximum absolute atomic E-state index is 12.4. The van der Waals surface area contributed by atoms with Gasteiger partial charge < -0.3 is 10.6 Å². The molecule has 2 N–H and O–H groups in total. The first-order chi connectivity index (χ1) is 10.0. The summed E-state index contributed by atoms with van der Waals surface area (Å²) in [5.41, 5.74) is 4.63. The molecule has 0 aliphatic rings. The van der Waals surface area contributed by atoms with Crippen LogP contribution in [0.3, 0.4) is 0 Å². The van der Waals surface area contributed by atoms with Crippen molar-refractivity contribution in [3.63, 3.8) is 0 Å². The molecule has 0 aliphatic carbocycles. The van der Waals surface area contributed by atoms with Gasteiger partial charge in [-0.25, -0.2) is 0 Å². The molecule has 4 heteroatoms. The van der Waals surface area contributed by atoms with Crippen LogP contribution in [0.1, 0.15) is 28.4 Å². The van der Waals surface area contributed by atoms with Crippen molar-refractivity contribution in [3.8, 4) is 0 Å². The Morgan fingerprint density at radius 2 is 1.95 bits per heavy atom. The van der Waals surface area contributed by atoms with E-state index in [9.17, 15) is 4.79 Å². The SMILES string of the molecule is CCc1cc(Br)ccc1NC(=O)c1ccc(NC)cc1C. The van der Waals surface area contributed by atoms with E-state index < -0.39 is 0 Å². The van der Waals surface area contributed by atoms with E-state index in [2.05, 4.69) is 33.5 Å². The molecule has 0 radical (unpaired) electrons. The van der Waals surface area contributed by atoms with Crippen LogP contribution in [0.15, 0.2) is 40.9 Å². The fourth-order valence-electron chi connectivity index (χ4n) is 2.24. The highest BCUT2D eigenvalue weighted by Crippen LogP contribution is 2.23. The van der Waals surface area contributed by atoms with Gasteiger partial charge in [-0.05, 0) is 60.9 Å². The summed E-state index contributed by atoms with van der Waals surface area (Å²) in [6, 6.07) is 11.6. The predicted octanol–water partition coefficient (Wildman–Crippen LogP) is 4.61. The lowest BCUT2D eigenvalue weighted by Crippen LogP contribution is -2.14. The molecule has 0 aromatic heterocycles. The Bertz CT molecular complexity index is 668. The van der Waals surface area contributed by atoms with Crippen LogP contribution in [0, 0.1) is 6.92 Å². The molecule has 0 aliphatic heterocycles. The van der Waals surface area contributed by atoms with Gasteiger partial charge in [0.25, 0.3) is 5.91 Å². The molecular weight excluding hydrogens is 328 g/mol. The summed E-state index contributed by atoms with van der Waals surface area (Å²) in [4.78, 5) is 12.4. The van der Waals surface area contributed by atoms with Crippen LogP contribution >= 0.6 is 15.9 Å². The van der Waals surface area contributed by atoms with Gasteiger partial charge in [-0.1, -0.05) is 22.9 Å². The number of aryl methyl sites for hydroxylation is 2. The van der Waals surface area contributed by atoms with E-state index in [-0.39, 0.29) is 5.91 Å². The first-order valence-corrected chi connectivity index (χ1v) is 7.72. The second-order valence-corrected chi connectivity index (χ2v) is 5.80. The minimum Gasteiger partial charge on any atom is -0.388 e. The highest BCUT2D eigenvalue weighted by atomic mass is 79.9. The molecule has 0 unspecified atom stereocenters. The lowest BCUT2D eigenvalue weighted by molar-refractivity contribution is 0.102. The number of rotatable bonds is 4. The zero-order valence-corrected chi connectivity index (χ0v) is 14.0. The van der Waals surface area contributed by atoms with Crippen molar-refractivity contribution in [1.82, 2.24) is 0 Å². The molecule has 2 aromatic carbocycles. The molecule has 0 saturated carbocycles. The minimum absolute atomic E-state index is 0.0767. The van der Waals surface area contributed by atoms with Crippen molar-refractivity contribution in [3.05, 3.63) is 57.6 Å². The van der Waals surface area contributed by atoms with Gasteiger partial charge in [0.2, 0.25) is 0 Å². The summed E-state index contributed by atoms with van der Waals surface area (Å²) in [6.07, 6.45) is 0.868. The number of amides is 1. The lowest BCUT2D eigenvalue weighted by Gasteiger charge is -2.12. The molecule has 21 heavy (non-hydrogen) atoms. The predicted molar refractivity (Wildman–Crippen MR) is 92.2 cm³/mol. The van der Waals surface area contributed by atoms with Crippen LogP contribution < -0.4 is 10.6 Å². The monoisotopic (exact) mass is 346 g/mol. The first-order valence-electron chi connectivity index (χ1n) is 6.93. The number of carbonyl (C=O) groups excluding carboxylic acids is 1. The fourth-order valence-corrected chi connectivity index (χ4v) is 2.65. The standard InChI is InChI=1S/C17H19BrN2O/c1-4-12-10-13(18)5-8-16(12)20-17(21)15-7-6-14(19-3)9-11(15)2/h5-10,19H,4H2,1-3H3,(H,20,21). The molecule has 2 aromatic rings. The van der Waals surface area contributed by atoms with Crippen LogP contribution in [0.25, 0.3) is 0 Å². The fraction of sp³-hybridized carbons (Fsp3) is 0.235. The molecule has 0 saturated heterocycles. The zero-order chi connectivity index (χ0) is 15.4. The smallest absolute Gasteiger partial charge is 0.255 e. The normalized spacial score (nSPS) is 10.3. The van der Waals surface area contributed by atoms with E-state index in [0.29, 0.717) is 5.56 Å². The number of hydrogen-bond donors (Lipinski definition) is 2. The molecule has 3 nitrogen and oxygen atoms in total. The first kappa shape index (κ1) is 15.6. The maximum atomic E-state index is 12.4. The Morgan fingerprint density at radius 1 is 1.19 bits per heavy atom. The number of hydrogen-bond acceptors (Lipinski definition) is 2. The van der Waals surface area contributed by atoms with Crippen molar-refractivity contribution in [1.29, 1.82) is 0 Å². The molecular formula is C17H19BrN2O. The van der Waals surface area contributed by atoms with Gasteiger partial charge in [0.1, 0.15) is 0 Å². The molecule has 0 bridgehead atoms. The summed E-state index contributed by atoms with van der Waals surface area (Å²) in [7, 11) is 1.86. The van der Waals surface area contributed by atoms with E-state index in [0.717, 1.165) is 33.4 Å². The Labute approximate surface area is 133 Å². The van der Waals surface area contributed by atoms with Crippen LogP contribution in [0.2, 0.25) is 0 Å². The second-order valence-electron chi connectivity index (χ2n) is 4.89. The van der Waals surface area contributed by atoms with Crippen molar-refractivity contribution in [2.75, 3.05) is 17.7 Å². The molecule has 0 fully saturated rings. The molecule has 0 heterocycles. The quantitative estimate of drug-likeness (QED) is 0.848. The molecule has 1 amide bonds. The van der Waals surface area contributed by atoms with Gasteiger partial charge in [0.05, 0.1) is 0 Å². The van der Waals surface area contributed by atoms with Gasteiger partial charge in [0, 0.05) is 28.5 Å². The van der Waals surface area contributed by atoms with Crippen molar-refractivity contribution in [2.45, 2.75) is 20.3 Å². The molecule has 0 spiro atoms. The highest BCUT2D eigenvalue weighted by molar-refractivity contribution is 9.10. The largest absolute Gasteiger partial charge is 0.388 e. The Balaban J connectivity index is 2.26.